The predicted molar refractivity (Wildman–Crippen MR) is 131 cm³/mol. The van der Waals surface area contributed by atoms with Gasteiger partial charge < -0.3 is 14.7 Å². The Balaban J connectivity index is 1.74. The third-order valence-electron chi connectivity index (χ3n) is 6.81. The number of hydrogen-bond donors (Lipinski definition) is 1. The number of sulfonamides is 1. The second-order valence-corrected chi connectivity index (χ2v) is 11.8. The number of nitrogens with zero attached hydrogens (tertiary/aromatic N) is 2. The van der Waals surface area contributed by atoms with Gasteiger partial charge in [0, 0.05) is 31.6 Å². The fraction of sp³-hybridized carbons (Fsp3) is 0.538. The summed E-state index contributed by atoms with van der Waals surface area (Å²) in [6.07, 6.45) is 2.41. The third-order valence-corrected chi connectivity index (χ3v) is 8.83. The summed E-state index contributed by atoms with van der Waals surface area (Å²) in [6.45, 7) is 7.69. The molecule has 3 atom stereocenters. The van der Waals surface area contributed by atoms with Gasteiger partial charge in [-0.05, 0) is 62.9 Å². The average Bonchev–Trinajstić information content (AvgIpc) is 3.59. The first-order valence-corrected chi connectivity index (χ1v) is 13.3. The zero-order chi connectivity index (χ0) is 23.8. The molecule has 4 rings (SSSR count). The van der Waals surface area contributed by atoms with E-state index in [1.807, 2.05) is 50.2 Å². The lowest BCUT2D eigenvalue weighted by molar-refractivity contribution is 0.0741. The van der Waals surface area contributed by atoms with Crippen molar-refractivity contribution in [2.45, 2.75) is 50.7 Å². The van der Waals surface area contributed by atoms with E-state index in [1.165, 1.54) is 22.7 Å². The Morgan fingerprint density at radius 2 is 1.79 bits per heavy atom. The van der Waals surface area contributed by atoms with Crippen LogP contribution < -0.4 is 4.74 Å². The van der Waals surface area contributed by atoms with Gasteiger partial charge in [0.15, 0.2) is 0 Å². The number of ether oxygens (including phenoxy) is 1. The maximum atomic E-state index is 13.6. The van der Waals surface area contributed by atoms with Crippen molar-refractivity contribution >= 4 is 10.0 Å². The molecule has 1 N–H and O–H groups in total. The van der Waals surface area contributed by atoms with Gasteiger partial charge in [-0.15, -0.1) is 0 Å². The normalized spacial score (nSPS) is 23.9. The van der Waals surface area contributed by atoms with Crippen molar-refractivity contribution in [2.75, 3.05) is 33.3 Å². The molecule has 1 saturated carbocycles. The van der Waals surface area contributed by atoms with E-state index in [-0.39, 0.29) is 23.5 Å². The van der Waals surface area contributed by atoms with Gasteiger partial charge in [-0.1, -0.05) is 42.8 Å². The largest absolute Gasteiger partial charge is 0.487 e. The molecule has 2 aliphatic rings. The summed E-state index contributed by atoms with van der Waals surface area (Å²) in [4.78, 5) is 2.47. The van der Waals surface area contributed by atoms with Crippen LogP contribution in [0.15, 0.2) is 47.4 Å². The molecule has 0 spiro atoms. The Labute approximate surface area is 198 Å². The Morgan fingerprint density at radius 1 is 1.12 bits per heavy atom. The van der Waals surface area contributed by atoms with Crippen LogP contribution in [0.25, 0.3) is 11.1 Å². The number of fused-ring (bicyclic) bond motifs is 1. The highest BCUT2D eigenvalue weighted by Crippen LogP contribution is 2.37. The van der Waals surface area contributed by atoms with E-state index in [0.717, 1.165) is 30.1 Å². The number of rotatable bonds is 7. The van der Waals surface area contributed by atoms with Crippen molar-refractivity contribution in [2.24, 2.45) is 11.8 Å². The van der Waals surface area contributed by atoms with Crippen molar-refractivity contribution in [3.8, 4) is 16.9 Å². The minimum absolute atomic E-state index is 0.0355. The van der Waals surface area contributed by atoms with E-state index < -0.39 is 16.1 Å². The van der Waals surface area contributed by atoms with Gasteiger partial charge >= 0.3 is 0 Å². The minimum Gasteiger partial charge on any atom is -0.487 e. The van der Waals surface area contributed by atoms with Crippen molar-refractivity contribution in [3.05, 3.63) is 48.0 Å². The molecule has 180 valence electrons. The molecule has 6 nitrogen and oxygen atoms in total. The molecule has 0 aromatic heterocycles. The Kier molecular flexibility index (Phi) is 7.15. The number of aliphatic hydroxyl groups is 1. The standard InChI is InChI=1S/C26H36N2O4S/c1-18-5-9-22(10-6-18)23-11-12-26-24(13-23)32-25(16-27(4)15-21-7-8-21)19(2)14-28(20(3)17-29)33(26,30)31/h5-6,9-13,19-21,25,29H,7-8,14-17H2,1-4H3/t19-,20+,25-/m1/s1. The molecule has 0 radical (unpaired) electrons. The van der Waals surface area contributed by atoms with Gasteiger partial charge in [0.1, 0.15) is 16.7 Å². The molecule has 1 heterocycles. The molecule has 1 fully saturated rings. The van der Waals surface area contributed by atoms with Crippen LogP contribution in [0.5, 0.6) is 5.75 Å². The lowest BCUT2D eigenvalue weighted by atomic mass is 10.0. The van der Waals surface area contributed by atoms with Crippen LogP contribution in [-0.4, -0.2) is 68.2 Å². The van der Waals surface area contributed by atoms with Gasteiger partial charge in [0.05, 0.1) is 6.61 Å². The maximum Gasteiger partial charge on any atom is 0.247 e. The predicted octanol–water partition coefficient (Wildman–Crippen LogP) is 3.77. The van der Waals surface area contributed by atoms with E-state index >= 15 is 0 Å². The fourth-order valence-electron chi connectivity index (χ4n) is 4.49. The molecule has 33 heavy (non-hydrogen) atoms. The quantitative estimate of drug-likeness (QED) is 0.664. The molecule has 2 aromatic carbocycles. The smallest absolute Gasteiger partial charge is 0.247 e. The van der Waals surface area contributed by atoms with Crippen LogP contribution >= 0.6 is 0 Å². The topological polar surface area (TPSA) is 70.1 Å². The minimum atomic E-state index is -3.82. The average molecular weight is 473 g/mol. The van der Waals surface area contributed by atoms with E-state index in [9.17, 15) is 13.5 Å². The van der Waals surface area contributed by atoms with Crippen LogP contribution in [0.3, 0.4) is 0 Å². The molecule has 0 amide bonds. The van der Waals surface area contributed by atoms with Gasteiger partial charge in [0.2, 0.25) is 10.0 Å². The first kappa shape index (κ1) is 24.2. The van der Waals surface area contributed by atoms with E-state index in [2.05, 4.69) is 11.9 Å². The number of likely N-dealkylation sites (N-methyl/N-ethyl adjacent to an activating group) is 1. The highest BCUT2D eigenvalue weighted by Gasteiger charge is 2.38. The summed E-state index contributed by atoms with van der Waals surface area (Å²) in [5.41, 5.74) is 3.11. The molecule has 2 aromatic rings. The van der Waals surface area contributed by atoms with Gasteiger partial charge in [-0.3, -0.25) is 0 Å². The van der Waals surface area contributed by atoms with Crippen LogP contribution in [0.1, 0.15) is 32.3 Å². The summed E-state index contributed by atoms with van der Waals surface area (Å²) in [7, 11) is -1.71. The van der Waals surface area contributed by atoms with E-state index in [1.54, 1.807) is 13.0 Å². The van der Waals surface area contributed by atoms with Gasteiger partial charge in [-0.25, -0.2) is 8.42 Å². The van der Waals surface area contributed by atoms with Crippen LogP contribution in [0, 0.1) is 18.8 Å². The van der Waals surface area contributed by atoms with Gasteiger partial charge in [0.25, 0.3) is 0 Å². The first-order valence-electron chi connectivity index (χ1n) is 11.9. The number of hydrogen-bond acceptors (Lipinski definition) is 5. The van der Waals surface area contributed by atoms with Crippen LogP contribution in [0.2, 0.25) is 0 Å². The summed E-state index contributed by atoms with van der Waals surface area (Å²) < 4.78 is 35.2. The van der Waals surface area contributed by atoms with Crippen molar-refractivity contribution < 1.29 is 18.3 Å². The van der Waals surface area contributed by atoms with Crippen molar-refractivity contribution in [1.29, 1.82) is 0 Å². The van der Waals surface area contributed by atoms with Crippen LogP contribution in [0.4, 0.5) is 0 Å². The van der Waals surface area contributed by atoms with E-state index in [0.29, 0.717) is 12.3 Å². The molecule has 0 saturated heterocycles. The van der Waals surface area contributed by atoms with Crippen molar-refractivity contribution in [3.63, 3.8) is 0 Å². The molecule has 0 bridgehead atoms. The molecule has 7 heteroatoms. The molecule has 1 aliphatic heterocycles. The summed E-state index contributed by atoms with van der Waals surface area (Å²) >= 11 is 0. The molecule has 1 aliphatic carbocycles. The SMILES string of the molecule is Cc1ccc(-c2ccc3c(c2)O[C@H](CN(C)CC2CC2)[C@H](C)CN([C@@H](C)CO)S3(=O)=O)cc1. The van der Waals surface area contributed by atoms with Gasteiger partial charge in [-0.2, -0.15) is 4.31 Å². The highest BCUT2D eigenvalue weighted by molar-refractivity contribution is 7.89. The van der Waals surface area contributed by atoms with Crippen LogP contribution in [-0.2, 0) is 10.0 Å². The molecular weight excluding hydrogens is 436 g/mol. The monoisotopic (exact) mass is 472 g/mol. The highest BCUT2D eigenvalue weighted by atomic mass is 32.2. The Bertz CT molecular complexity index is 1070. The Hall–Kier alpha value is -1.93. The lowest BCUT2D eigenvalue weighted by Gasteiger charge is -2.37. The first-order chi connectivity index (χ1) is 15.7. The fourth-order valence-corrected chi connectivity index (χ4v) is 6.32. The summed E-state index contributed by atoms with van der Waals surface area (Å²) in [5, 5.41) is 9.80. The van der Waals surface area contributed by atoms with E-state index in [4.69, 9.17) is 4.74 Å². The second kappa shape index (κ2) is 9.74. The zero-order valence-corrected chi connectivity index (χ0v) is 20.9. The number of aliphatic hydroxyl groups excluding tert-OH is 1. The lowest BCUT2D eigenvalue weighted by Crippen LogP contribution is -2.49. The second-order valence-electron chi connectivity index (χ2n) is 9.93. The number of aryl methyl sites for hydroxylation is 1. The maximum absolute atomic E-state index is 13.6. The zero-order valence-electron chi connectivity index (χ0n) is 20.1. The third kappa shape index (κ3) is 5.43. The summed E-state index contributed by atoms with van der Waals surface area (Å²) in [5.74, 6) is 1.12. The number of benzene rings is 2. The Morgan fingerprint density at radius 3 is 2.42 bits per heavy atom. The summed E-state index contributed by atoms with van der Waals surface area (Å²) in [6, 6.07) is 13.0. The molecule has 0 unspecified atom stereocenters. The van der Waals surface area contributed by atoms with Crippen molar-refractivity contribution in [1.82, 2.24) is 9.21 Å². The molecular formula is C26H36N2O4S.